The highest BCUT2D eigenvalue weighted by Crippen LogP contribution is 2.42. The standard InChI is InChI=1S/C21H24N2OS2/c1-15-8-5-6-12-18(15)23-20(24)19(14-17-11-7-13-25-17)26-21(23)22-16-9-3-2-4-10-16/h2-4,7,9-11,13-15,18,21-22H,5-6,8,12H2,1H3/b19-14-/t15-,18+,21?/m1/s1. The number of carbonyl (C=O) groups excluding carboxylic acids is 1. The van der Waals surface area contributed by atoms with E-state index in [-0.39, 0.29) is 11.4 Å². The number of thioether (sulfide) groups is 1. The number of benzene rings is 1. The van der Waals surface area contributed by atoms with Crippen molar-refractivity contribution in [3.63, 3.8) is 0 Å². The second-order valence-corrected chi connectivity index (χ2v) is 9.15. The molecular formula is C21H24N2OS2. The molecule has 2 aromatic rings. The second-order valence-electron chi connectivity index (χ2n) is 7.05. The van der Waals surface area contributed by atoms with Crippen molar-refractivity contribution in [1.29, 1.82) is 0 Å². The lowest BCUT2D eigenvalue weighted by Crippen LogP contribution is -2.48. The Labute approximate surface area is 163 Å². The number of para-hydroxylation sites is 1. The molecule has 1 aliphatic heterocycles. The van der Waals surface area contributed by atoms with E-state index in [0.29, 0.717) is 12.0 Å². The van der Waals surface area contributed by atoms with E-state index in [1.807, 2.05) is 30.3 Å². The summed E-state index contributed by atoms with van der Waals surface area (Å²) in [5.41, 5.74) is 1.02. The summed E-state index contributed by atoms with van der Waals surface area (Å²) in [6.07, 6.45) is 6.85. The Morgan fingerprint density at radius 1 is 1.12 bits per heavy atom. The first kappa shape index (κ1) is 17.7. The molecule has 0 bridgehead atoms. The van der Waals surface area contributed by atoms with E-state index in [1.54, 1.807) is 23.1 Å². The van der Waals surface area contributed by atoms with Crippen LogP contribution >= 0.6 is 23.1 Å². The van der Waals surface area contributed by atoms with Crippen LogP contribution in [0.1, 0.15) is 37.5 Å². The van der Waals surface area contributed by atoms with Crippen molar-refractivity contribution in [2.24, 2.45) is 5.92 Å². The van der Waals surface area contributed by atoms with Gasteiger partial charge in [-0.05, 0) is 48.4 Å². The number of carbonyl (C=O) groups is 1. The molecule has 136 valence electrons. The lowest BCUT2D eigenvalue weighted by molar-refractivity contribution is -0.129. The SMILES string of the molecule is C[C@@H]1CCCC[C@@H]1N1C(=O)/C(=C/c2cccs2)SC1Nc1ccccc1. The average Bonchev–Trinajstić information content (AvgIpc) is 3.26. The van der Waals surface area contributed by atoms with Crippen LogP contribution in [0, 0.1) is 5.92 Å². The molecule has 1 aromatic carbocycles. The van der Waals surface area contributed by atoms with Gasteiger partial charge < -0.3 is 10.2 Å². The third kappa shape index (κ3) is 3.69. The largest absolute Gasteiger partial charge is 0.356 e. The normalized spacial score (nSPS) is 27.9. The maximum absolute atomic E-state index is 13.3. The van der Waals surface area contributed by atoms with Crippen LogP contribution in [0.3, 0.4) is 0 Å². The molecule has 3 nitrogen and oxygen atoms in total. The Morgan fingerprint density at radius 3 is 2.65 bits per heavy atom. The summed E-state index contributed by atoms with van der Waals surface area (Å²) in [6, 6.07) is 14.6. The van der Waals surface area contributed by atoms with Gasteiger partial charge in [0.2, 0.25) is 0 Å². The molecule has 1 unspecified atom stereocenters. The highest BCUT2D eigenvalue weighted by molar-refractivity contribution is 8.05. The predicted molar refractivity (Wildman–Crippen MR) is 112 cm³/mol. The van der Waals surface area contributed by atoms with Crippen molar-refractivity contribution in [1.82, 2.24) is 4.90 Å². The fourth-order valence-corrected chi connectivity index (χ4v) is 5.80. The molecule has 1 aromatic heterocycles. The van der Waals surface area contributed by atoms with Crippen LogP contribution in [-0.4, -0.2) is 22.3 Å². The summed E-state index contributed by atoms with van der Waals surface area (Å²) in [5, 5.41) is 5.63. The Morgan fingerprint density at radius 2 is 1.92 bits per heavy atom. The van der Waals surface area contributed by atoms with Crippen molar-refractivity contribution in [2.45, 2.75) is 44.1 Å². The van der Waals surface area contributed by atoms with E-state index in [1.165, 1.54) is 19.3 Å². The van der Waals surface area contributed by atoms with E-state index in [4.69, 9.17) is 0 Å². The highest BCUT2D eigenvalue weighted by Gasteiger charge is 2.42. The Bertz CT molecular complexity index is 773. The molecule has 0 radical (unpaired) electrons. The van der Waals surface area contributed by atoms with Crippen LogP contribution in [0.4, 0.5) is 5.69 Å². The zero-order valence-corrected chi connectivity index (χ0v) is 16.6. The predicted octanol–water partition coefficient (Wildman–Crippen LogP) is 5.64. The Hall–Kier alpha value is -1.72. The van der Waals surface area contributed by atoms with Gasteiger partial charge in [-0.3, -0.25) is 4.79 Å². The number of hydrogen-bond acceptors (Lipinski definition) is 4. The van der Waals surface area contributed by atoms with E-state index < -0.39 is 0 Å². The quantitative estimate of drug-likeness (QED) is 0.693. The minimum Gasteiger partial charge on any atom is -0.356 e. The molecule has 1 saturated heterocycles. The Kier molecular flexibility index (Phi) is 5.36. The van der Waals surface area contributed by atoms with Crippen LogP contribution in [0.25, 0.3) is 6.08 Å². The molecule has 26 heavy (non-hydrogen) atoms. The van der Waals surface area contributed by atoms with Crippen LogP contribution in [0.2, 0.25) is 0 Å². The highest BCUT2D eigenvalue weighted by atomic mass is 32.2. The molecule has 1 saturated carbocycles. The molecule has 5 heteroatoms. The van der Waals surface area contributed by atoms with Gasteiger partial charge >= 0.3 is 0 Å². The molecule has 2 aliphatic rings. The fourth-order valence-electron chi connectivity index (χ4n) is 3.87. The summed E-state index contributed by atoms with van der Waals surface area (Å²) < 4.78 is 0. The van der Waals surface area contributed by atoms with Gasteiger partial charge in [-0.15, -0.1) is 11.3 Å². The van der Waals surface area contributed by atoms with Gasteiger partial charge in [-0.2, -0.15) is 0 Å². The molecule has 3 atom stereocenters. The minimum absolute atomic E-state index is 0.0401. The monoisotopic (exact) mass is 384 g/mol. The van der Waals surface area contributed by atoms with Gasteiger partial charge in [0, 0.05) is 16.6 Å². The molecule has 4 rings (SSSR count). The molecule has 0 spiro atoms. The summed E-state index contributed by atoms with van der Waals surface area (Å²) >= 11 is 3.32. The van der Waals surface area contributed by atoms with E-state index in [9.17, 15) is 4.79 Å². The van der Waals surface area contributed by atoms with Crippen LogP contribution in [0.15, 0.2) is 52.7 Å². The number of nitrogens with one attached hydrogen (secondary N) is 1. The summed E-state index contributed by atoms with van der Waals surface area (Å²) in [6.45, 7) is 2.29. The van der Waals surface area contributed by atoms with Crippen LogP contribution in [0.5, 0.6) is 0 Å². The third-order valence-electron chi connectivity index (χ3n) is 5.24. The van der Waals surface area contributed by atoms with Crippen LogP contribution in [-0.2, 0) is 4.79 Å². The maximum Gasteiger partial charge on any atom is 0.263 e. The molecule has 2 fully saturated rings. The molecular weight excluding hydrogens is 360 g/mol. The van der Waals surface area contributed by atoms with Crippen molar-refractivity contribution >= 4 is 40.8 Å². The van der Waals surface area contributed by atoms with Gasteiger partial charge in [-0.1, -0.05) is 55.8 Å². The van der Waals surface area contributed by atoms with Gasteiger partial charge in [-0.25, -0.2) is 0 Å². The van der Waals surface area contributed by atoms with E-state index >= 15 is 0 Å². The van der Waals surface area contributed by atoms with Crippen LogP contribution < -0.4 is 5.32 Å². The van der Waals surface area contributed by atoms with Crippen molar-refractivity contribution in [3.8, 4) is 0 Å². The smallest absolute Gasteiger partial charge is 0.263 e. The second kappa shape index (κ2) is 7.89. The van der Waals surface area contributed by atoms with Crippen molar-refractivity contribution in [2.75, 3.05) is 5.32 Å². The molecule has 1 amide bonds. The van der Waals surface area contributed by atoms with Crippen molar-refractivity contribution in [3.05, 3.63) is 57.6 Å². The summed E-state index contributed by atoms with van der Waals surface area (Å²) in [4.78, 5) is 17.4. The fraction of sp³-hybridized carbons (Fsp3) is 0.381. The lowest BCUT2D eigenvalue weighted by Gasteiger charge is -2.39. The number of rotatable bonds is 4. The first-order valence-corrected chi connectivity index (χ1v) is 11.0. The zero-order valence-electron chi connectivity index (χ0n) is 14.9. The first-order chi connectivity index (χ1) is 12.7. The number of amides is 1. The van der Waals surface area contributed by atoms with E-state index in [2.05, 4.69) is 40.7 Å². The van der Waals surface area contributed by atoms with E-state index in [0.717, 1.165) is 21.9 Å². The first-order valence-electron chi connectivity index (χ1n) is 9.28. The molecule has 1 N–H and O–H groups in total. The lowest BCUT2D eigenvalue weighted by atomic mass is 9.85. The maximum atomic E-state index is 13.3. The third-order valence-corrected chi connectivity index (χ3v) is 7.17. The average molecular weight is 385 g/mol. The molecule has 1 aliphatic carbocycles. The van der Waals surface area contributed by atoms with Gasteiger partial charge in [0.05, 0.1) is 4.91 Å². The van der Waals surface area contributed by atoms with Gasteiger partial charge in [0.15, 0.2) is 5.50 Å². The Balaban J connectivity index is 1.63. The minimum atomic E-state index is -0.0401. The zero-order chi connectivity index (χ0) is 17.9. The summed E-state index contributed by atoms with van der Waals surface area (Å²) in [5.74, 6) is 0.727. The van der Waals surface area contributed by atoms with Gasteiger partial charge in [0.25, 0.3) is 5.91 Å². The number of nitrogens with zero attached hydrogens (tertiary/aromatic N) is 1. The topological polar surface area (TPSA) is 32.3 Å². The molecule has 2 heterocycles. The number of anilines is 1. The number of hydrogen-bond donors (Lipinski definition) is 1. The summed E-state index contributed by atoms with van der Waals surface area (Å²) in [7, 11) is 0. The van der Waals surface area contributed by atoms with Gasteiger partial charge in [0.1, 0.15) is 0 Å². The number of thiophene rings is 1. The van der Waals surface area contributed by atoms with Crippen molar-refractivity contribution < 1.29 is 4.79 Å².